The Bertz CT molecular complexity index is 509. The van der Waals surface area contributed by atoms with Crippen LogP contribution in [-0.2, 0) is 16.6 Å². The third-order valence-electron chi connectivity index (χ3n) is 3.55. The van der Waals surface area contributed by atoms with Crippen molar-refractivity contribution in [3.63, 3.8) is 0 Å². The number of rotatable bonds is 5. The zero-order chi connectivity index (χ0) is 13.2. The van der Waals surface area contributed by atoms with Gasteiger partial charge in [0, 0.05) is 18.6 Å². The van der Waals surface area contributed by atoms with E-state index in [1.54, 1.807) is 0 Å². The van der Waals surface area contributed by atoms with Gasteiger partial charge in [-0.3, -0.25) is 4.68 Å². The van der Waals surface area contributed by atoms with Crippen molar-refractivity contribution < 1.29 is 8.42 Å². The molecular weight excluding hydrogens is 288 g/mol. The molecule has 1 aromatic rings. The van der Waals surface area contributed by atoms with Crippen molar-refractivity contribution in [1.82, 2.24) is 14.5 Å². The Morgan fingerprint density at radius 3 is 2.63 bits per heavy atom. The molecule has 0 saturated heterocycles. The molecular formula is C11H21ClN4O2S. The molecule has 0 radical (unpaired) electrons. The van der Waals surface area contributed by atoms with Crippen molar-refractivity contribution in [3.05, 3.63) is 12.3 Å². The van der Waals surface area contributed by atoms with E-state index in [1.165, 1.54) is 16.9 Å². The van der Waals surface area contributed by atoms with Crippen molar-refractivity contribution >= 4 is 22.4 Å². The molecule has 1 aliphatic rings. The number of hydrogen-bond acceptors (Lipinski definition) is 4. The van der Waals surface area contributed by atoms with Gasteiger partial charge in [0.1, 0.15) is 0 Å². The first-order chi connectivity index (χ1) is 8.53. The molecule has 0 atom stereocenters. The number of sulfonamides is 1. The number of nitrogens with one attached hydrogen (secondary N) is 1. The van der Waals surface area contributed by atoms with Gasteiger partial charge in [0.15, 0.2) is 5.03 Å². The van der Waals surface area contributed by atoms with Crippen molar-refractivity contribution in [2.24, 2.45) is 5.73 Å². The number of nitrogens with two attached hydrogens (primary N) is 1. The van der Waals surface area contributed by atoms with Crippen LogP contribution in [-0.4, -0.2) is 30.3 Å². The standard InChI is InChI=1S/C11H20N4O2S.ClH/c1-2-15-10(5-8-13-15)18(16,17)14-11(9-12)6-3-4-7-11;/h5,8,14H,2-4,6-7,9,12H2,1H3;1H. The Hall–Kier alpha value is -0.630. The zero-order valence-electron chi connectivity index (χ0n) is 11.0. The quantitative estimate of drug-likeness (QED) is 0.844. The van der Waals surface area contributed by atoms with E-state index in [2.05, 4.69) is 9.82 Å². The monoisotopic (exact) mass is 308 g/mol. The number of aryl methyl sites for hydroxylation is 1. The van der Waals surface area contributed by atoms with E-state index in [4.69, 9.17) is 5.73 Å². The summed E-state index contributed by atoms with van der Waals surface area (Å²) >= 11 is 0. The second-order valence-electron chi connectivity index (χ2n) is 4.78. The molecule has 0 amide bonds. The molecule has 6 nitrogen and oxygen atoms in total. The van der Waals surface area contributed by atoms with Gasteiger partial charge in [-0.2, -0.15) is 5.10 Å². The van der Waals surface area contributed by atoms with Crippen LogP contribution >= 0.6 is 12.4 Å². The minimum Gasteiger partial charge on any atom is -0.329 e. The highest BCUT2D eigenvalue weighted by molar-refractivity contribution is 7.89. The van der Waals surface area contributed by atoms with Crippen molar-refractivity contribution in [3.8, 4) is 0 Å². The lowest BCUT2D eigenvalue weighted by molar-refractivity contribution is 0.396. The third kappa shape index (κ3) is 3.28. The Labute approximate surface area is 120 Å². The van der Waals surface area contributed by atoms with Gasteiger partial charge in [0.25, 0.3) is 10.0 Å². The Morgan fingerprint density at radius 1 is 1.47 bits per heavy atom. The molecule has 1 aliphatic carbocycles. The fraction of sp³-hybridized carbons (Fsp3) is 0.727. The maximum Gasteiger partial charge on any atom is 0.258 e. The van der Waals surface area contributed by atoms with Crippen LogP contribution in [0.5, 0.6) is 0 Å². The summed E-state index contributed by atoms with van der Waals surface area (Å²) in [6, 6.07) is 1.52. The Morgan fingerprint density at radius 2 is 2.11 bits per heavy atom. The van der Waals surface area contributed by atoms with Crippen LogP contribution < -0.4 is 10.5 Å². The molecule has 3 N–H and O–H groups in total. The van der Waals surface area contributed by atoms with E-state index in [1.807, 2.05) is 6.92 Å². The molecule has 2 rings (SSSR count). The molecule has 1 fully saturated rings. The highest BCUT2D eigenvalue weighted by atomic mass is 35.5. The van der Waals surface area contributed by atoms with Crippen LogP contribution in [0.1, 0.15) is 32.6 Å². The van der Waals surface area contributed by atoms with E-state index in [9.17, 15) is 8.42 Å². The first-order valence-electron chi connectivity index (χ1n) is 6.29. The predicted octanol–water partition coefficient (Wildman–Crippen LogP) is 0.875. The van der Waals surface area contributed by atoms with Gasteiger partial charge in [0.2, 0.25) is 0 Å². The first-order valence-corrected chi connectivity index (χ1v) is 7.77. The van der Waals surface area contributed by atoms with Gasteiger partial charge < -0.3 is 5.73 Å². The Balaban J connectivity index is 0.00000180. The maximum absolute atomic E-state index is 12.4. The minimum absolute atomic E-state index is 0. The van der Waals surface area contributed by atoms with Gasteiger partial charge in [-0.25, -0.2) is 13.1 Å². The molecule has 1 saturated carbocycles. The maximum atomic E-state index is 12.4. The highest BCUT2D eigenvalue weighted by Crippen LogP contribution is 2.30. The number of halogens is 1. The fourth-order valence-corrected chi connectivity index (χ4v) is 4.18. The van der Waals surface area contributed by atoms with E-state index in [0.717, 1.165) is 25.7 Å². The SMILES string of the molecule is CCn1nccc1S(=O)(=O)NC1(CN)CCCC1.Cl. The molecule has 0 bridgehead atoms. The molecule has 0 spiro atoms. The largest absolute Gasteiger partial charge is 0.329 e. The summed E-state index contributed by atoms with van der Waals surface area (Å²) in [5, 5.41) is 4.20. The van der Waals surface area contributed by atoms with Crippen LogP contribution in [0.2, 0.25) is 0 Å². The molecule has 110 valence electrons. The van der Waals surface area contributed by atoms with Crippen molar-refractivity contribution in [2.75, 3.05) is 6.54 Å². The van der Waals surface area contributed by atoms with E-state index >= 15 is 0 Å². The Kier molecular flexibility index (Phi) is 5.37. The summed E-state index contributed by atoms with van der Waals surface area (Å²) in [5.41, 5.74) is 5.28. The molecule has 1 heterocycles. The van der Waals surface area contributed by atoms with Crippen LogP contribution in [0.3, 0.4) is 0 Å². The van der Waals surface area contributed by atoms with Gasteiger partial charge in [0.05, 0.1) is 6.20 Å². The normalized spacial score (nSPS) is 18.2. The highest BCUT2D eigenvalue weighted by Gasteiger charge is 2.37. The van der Waals surface area contributed by atoms with Crippen LogP contribution in [0.15, 0.2) is 17.3 Å². The summed E-state index contributed by atoms with van der Waals surface area (Å²) in [7, 11) is -3.54. The summed E-state index contributed by atoms with van der Waals surface area (Å²) in [5.74, 6) is 0. The first kappa shape index (κ1) is 16.4. The summed E-state index contributed by atoms with van der Waals surface area (Å²) in [6.07, 6.45) is 5.16. The van der Waals surface area contributed by atoms with Crippen molar-refractivity contribution in [1.29, 1.82) is 0 Å². The van der Waals surface area contributed by atoms with Gasteiger partial charge in [-0.15, -0.1) is 12.4 Å². The number of nitrogens with zero attached hydrogens (tertiary/aromatic N) is 2. The third-order valence-corrected chi connectivity index (χ3v) is 5.15. The zero-order valence-corrected chi connectivity index (χ0v) is 12.6. The van der Waals surface area contributed by atoms with Crippen LogP contribution in [0, 0.1) is 0 Å². The van der Waals surface area contributed by atoms with Crippen molar-refractivity contribution in [2.45, 2.75) is 49.7 Å². The summed E-state index contributed by atoms with van der Waals surface area (Å²) in [4.78, 5) is 0. The van der Waals surface area contributed by atoms with E-state index in [-0.39, 0.29) is 17.4 Å². The van der Waals surface area contributed by atoms with E-state index in [0.29, 0.717) is 13.1 Å². The minimum atomic E-state index is -3.54. The second-order valence-corrected chi connectivity index (χ2v) is 6.41. The number of hydrogen-bond donors (Lipinski definition) is 2. The summed E-state index contributed by atoms with van der Waals surface area (Å²) in [6.45, 7) is 2.73. The van der Waals surface area contributed by atoms with Crippen LogP contribution in [0.4, 0.5) is 0 Å². The summed E-state index contributed by atoms with van der Waals surface area (Å²) < 4.78 is 29.0. The second kappa shape index (κ2) is 6.21. The topological polar surface area (TPSA) is 90.0 Å². The smallest absolute Gasteiger partial charge is 0.258 e. The molecule has 0 aromatic carbocycles. The average Bonchev–Trinajstić information content (AvgIpc) is 2.97. The molecule has 0 unspecified atom stereocenters. The molecule has 0 aliphatic heterocycles. The molecule has 8 heteroatoms. The predicted molar refractivity (Wildman–Crippen MR) is 75.7 cm³/mol. The fourth-order valence-electron chi connectivity index (χ4n) is 2.52. The number of aromatic nitrogens is 2. The van der Waals surface area contributed by atoms with Crippen LogP contribution in [0.25, 0.3) is 0 Å². The van der Waals surface area contributed by atoms with E-state index < -0.39 is 15.6 Å². The van der Waals surface area contributed by atoms with Gasteiger partial charge in [-0.1, -0.05) is 12.8 Å². The lowest BCUT2D eigenvalue weighted by atomic mass is 10.0. The molecule has 19 heavy (non-hydrogen) atoms. The molecule has 1 aromatic heterocycles. The lowest BCUT2D eigenvalue weighted by Gasteiger charge is -2.28. The van der Waals surface area contributed by atoms with Gasteiger partial charge >= 0.3 is 0 Å². The average molecular weight is 309 g/mol. The lowest BCUT2D eigenvalue weighted by Crippen LogP contribution is -2.51. The van der Waals surface area contributed by atoms with Gasteiger partial charge in [-0.05, 0) is 25.8 Å².